The molecular formula is C13H15N3O3. The van der Waals surface area contributed by atoms with Crippen LogP contribution >= 0.6 is 0 Å². The van der Waals surface area contributed by atoms with Crippen molar-refractivity contribution in [1.82, 2.24) is 15.5 Å². The summed E-state index contributed by atoms with van der Waals surface area (Å²) in [5.74, 6) is -0.219. The SMILES string of the molecule is Cc1noc2ncc(C(=O)NC3(CO)CCC3)cc12. The van der Waals surface area contributed by atoms with Crippen LogP contribution in [0.2, 0.25) is 0 Å². The maximum absolute atomic E-state index is 12.2. The highest BCUT2D eigenvalue weighted by Crippen LogP contribution is 2.31. The number of aromatic nitrogens is 2. The van der Waals surface area contributed by atoms with Crippen molar-refractivity contribution in [2.24, 2.45) is 0 Å². The van der Waals surface area contributed by atoms with Crippen LogP contribution in [0.4, 0.5) is 0 Å². The molecule has 1 amide bonds. The van der Waals surface area contributed by atoms with Gasteiger partial charge in [0.2, 0.25) is 0 Å². The second kappa shape index (κ2) is 4.31. The first kappa shape index (κ1) is 12.1. The first-order valence-corrected chi connectivity index (χ1v) is 6.29. The van der Waals surface area contributed by atoms with Gasteiger partial charge in [0.1, 0.15) is 0 Å². The Morgan fingerprint density at radius 3 is 3.00 bits per heavy atom. The zero-order chi connectivity index (χ0) is 13.5. The standard InChI is InChI=1S/C13H15N3O3/c1-8-10-5-9(6-14-12(10)19-16-8)11(18)15-13(7-17)3-2-4-13/h5-6,17H,2-4,7H2,1H3,(H,15,18). The fraction of sp³-hybridized carbons (Fsp3) is 0.462. The lowest BCUT2D eigenvalue weighted by atomic mass is 9.77. The van der Waals surface area contributed by atoms with E-state index in [1.165, 1.54) is 6.20 Å². The van der Waals surface area contributed by atoms with Gasteiger partial charge in [0.05, 0.1) is 28.8 Å². The van der Waals surface area contributed by atoms with Crippen molar-refractivity contribution in [1.29, 1.82) is 0 Å². The molecule has 1 aliphatic rings. The number of aliphatic hydroxyl groups is 1. The number of fused-ring (bicyclic) bond motifs is 1. The molecule has 3 rings (SSSR count). The van der Waals surface area contributed by atoms with E-state index in [9.17, 15) is 9.90 Å². The average molecular weight is 261 g/mol. The number of hydrogen-bond donors (Lipinski definition) is 2. The van der Waals surface area contributed by atoms with Gasteiger partial charge in [-0.1, -0.05) is 5.16 Å². The second-order valence-corrected chi connectivity index (χ2v) is 5.09. The van der Waals surface area contributed by atoms with Gasteiger partial charge in [0, 0.05) is 6.20 Å². The smallest absolute Gasteiger partial charge is 0.257 e. The first-order valence-electron chi connectivity index (χ1n) is 6.29. The number of amides is 1. The third-order valence-electron chi connectivity index (χ3n) is 3.76. The lowest BCUT2D eigenvalue weighted by Crippen LogP contribution is -2.56. The normalized spacial score (nSPS) is 17.2. The fourth-order valence-electron chi connectivity index (χ4n) is 2.31. The predicted octanol–water partition coefficient (Wildman–Crippen LogP) is 1.18. The Bertz CT molecular complexity index is 626. The summed E-state index contributed by atoms with van der Waals surface area (Å²) < 4.78 is 5.01. The Morgan fingerprint density at radius 2 is 2.37 bits per heavy atom. The molecule has 1 aliphatic carbocycles. The van der Waals surface area contributed by atoms with Gasteiger partial charge in [0.25, 0.3) is 11.6 Å². The number of aliphatic hydroxyl groups excluding tert-OH is 1. The van der Waals surface area contributed by atoms with Crippen molar-refractivity contribution in [3.05, 3.63) is 23.5 Å². The van der Waals surface area contributed by atoms with Crippen LogP contribution in [0.5, 0.6) is 0 Å². The third-order valence-corrected chi connectivity index (χ3v) is 3.76. The van der Waals surface area contributed by atoms with Crippen molar-refractivity contribution >= 4 is 17.0 Å². The van der Waals surface area contributed by atoms with Crippen molar-refractivity contribution in [3.8, 4) is 0 Å². The molecule has 1 fully saturated rings. The molecule has 2 aromatic rings. The summed E-state index contributed by atoms with van der Waals surface area (Å²) in [6.07, 6.45) is 4.13. The molecule has 19 heavy (non-hydrogen) atoms. The number of pyridine rings is 1. The molecule has 0 atom stereocenters. The molecule has 6 heteroatoms. The van der Waals surface area contributed by atoms with Gasteiger partial charge in [-0.3, -0.25) is 4.79 Å². The van der Waals surface area contributed by atoms with Crippen LogP contribution in [0.1, 0.15) is 35.3 Å². The monoisotopic (exact) mass is 261 g/mol. The van der Waals surface area contributed by atoms with Gasteiger partial charge >= 0.3 is 0 Å². The molecule has 0 bridgehead atoms. The predicted molar refractivity (Wildman–Crippen MR) is 67.7 cm³/mol. The van der Waals surface area contributed by atoms with Crippen LogP contribution in [-0.4, -0.2) is 33.3 Å². The van der Waals surface area contributed by atoms with Gasteiger partial charge < -0.3 is 14.9 Å². The summed E-state index contributed by atoms with van der Waals surface area (Å²) in [6, 6.07) is 1.72. The quantitative estimate of drug-likeness (QED) is 0.866. The van der Waals surface area contributed by atoms with E-state index in [-0.39, 0.29) is 12.5 Å². The van der Waals surface area contributed by atoms with Crippen LogP contribution in [0.15, 0.2) is 16.8 Å². The Hall–Kier alpha value is -1.95. The van der Waals surface area contributed by atoms with Crippen molar-refractivity contribution in [2.45, 2.75) is 31.7 Å². The molecule has 0 radical (unpaired) electrons. The minimum Gasteiger partial charge on any atom is -0.394 e. The summed E-state index contributed by atoms with van der Waals surface area (Å²) in [4.78, 5) is 16.2. The molecule has 2 aromatic heterocycles. The molecule has 0 aliphatic heterocycles. The van der Waals surface area contributed by atoms with Crippen LogP contribution < -0.4 is 5.32 Å². The van der Waals surface area contributed by atoms with E-state index in [0.717, 1.165) is 24.6 Å². The largest absolute Gasteiger partial charge is 0.394 e. The summed E-state index contributed by atoms with van der Waals surface area (Å²) in [7, 11) is 0. The highest BCUT2D eigenvalue weighted by Gasteiger charge is 2.37. The number of nitrogens with one attached hydrogen (secondary N) is 1. The van der Waals surface area contributed by atoms with Gasteiger partial charge in [0.15, 0.2) is 0 Å². The third kappa shape index (κ3) is 1.98. The molecule has 100 valence electrons. The Kier molecular flexibility index (Phi) is 2.74. The lowest BCUT2D eigenvalue weighted by molar-refractivity contribution is 0.0641. The molecule has 1 saturated carbocycles. The molecule has 0 unspecified atom stereocenters. The van der Waals surface area contributed by atoms with Crippen molar-refractivity contribution in [2.75, 3.05) is 6.61 Å². The number of aryl methyl sites for hydroxylation is 1. The first-order chi connectivity index (χ1) is 9.13. The van der Waals surface area contributed by atoms with E-state index in [0.29, 0.717) is 17.0 Å². The van der Waals surface area contributed by atoms with Gasteiger partial charge in [-0.25, -0.2) is 4.98 Å². The minimum absolute atomic E-state index is 0.0271. The number of hydrogen-bond acceptors (Lipinski definition) is 5. The van der Waals surface area contributed by atoms with Crippen LogP contribution in [0, 0.1) is 6.92 Å². The average Bonchev–Trinajstić information content (AvgIpc) is 2.75. The molecule has 0 aromatic carbocycles. The number of rotatable bonds is 3. The second-order valence-electron chi connectivity index (χ2n) is 5.09. The van der Waals surface area contributed by atoms with Gasteiger partial charge in [-0.05, 0) is 32.3 Å². The van der Waals surface area contributed by atoms with Crippen molar-refractivity contribution in [3.63, 3.8) is 0 Å². The van der Waals surface area contributed by atoms with Crippen LogP contribution in [0.25, 0.3) is 11.1 Å². The molecule has 6 nitrogen and oxygen atoms in total. The maximum atomic E-state index is 12.2. The highest BCUT2D eigenvalue weighted by molar-refractivity contribution is 5.97. The van der Waals surface area contributed by atoms with Crippen LogP contribution in [0.3, 0.4) is 0 Å². The summed E-state index contributed by atoms with van der Waals surface area (Å²) in [6.45, 7) is 1.77. The van der Waals surface area contributed by atoms with E-state index in [4.69, 9.17) is 4.52 Å². The number of carbonyl (C=O) groups excluding carboxylic acids is 1. The molecule has 0 spiro atoms. The zero-order valence-electron chi connectivity index (χ0n) is 10.6. The molecule has 2 N–H and O–H groups in total. The maximum Gasteiger partial charge on any atom is 0.257 e. The number of nitrogens with zero attached hydrogens (tertiary/aromatic N) is 2. The fourth-order valence-corrected chi connectivity index (χ4v) is 2.31. The summed E-state index contributed by atoms with van der Waals surface area (Å²) >= 11 is 0. The zero-order valence-corrected chi connectivity index (χ0v) is 10.6. The highest BCUT2D eigenvalue weighted by atomic mass is 16.5. The lowest BCUT2D eigenvalue weighted by Gasteiger charge is -2.40. The Morgan fingerprint density at radius 1 is 1.58 bits per heavy atom. The van der Waals surface area contributed by atoms with E-state index in [1.807, 2.05) is 0 Å². The molecule has 0 saturated heterocycles. The van der Waals surface area contributed by atoms with E-state index < -0.39 is 5.54 Å². The summed E-state index contributed by atoms with van der Waals surface area (Å²) in [5, 5.41) is 16.8. The summed E-state index contributed by atoms with van der Waals surface area (Å²) in [5.41, 5.74) is 1.14. The van der Waals surface area contributed by atoms with E-state index >= 15 is 0 Å². The van der Waals surface area contributed by atoms with Crippen LogP contribution in [-0.2, 0) is 0 Å². The number of carbonyl (C=O) groups is 1. The van der Waals surface area contributed by atoms with Gasteiger partial charge in [-0.15, -0.1) is 0 Å². The topological polar surface area (TPSA) is 88.2 Å². The minimum atomic E-state index is -0.449. The molecular weight excluding hydrogens is 246 g/mol. The Balaban J connectivity index is 1.87. The van der Waals surface area contributed by atoms with E-state index in [1.54, 1.807) is 13.0 Å². The molecule has 2 heterocycles. The van der Waals surface area contributed by atoms with E-state index in [2.05, 4.69) is 15.5 Å². The van der Waals surface area contributed by atoms with Crippen molar-refractivity contribution < 1.29 is 14.4 Å². The Labute approximate surface area is 109 Å². The van der Waals surface area contributed by atoms with Gasteiger partial charge in [-0.2, -0.15) is 0 Å².